The van der Waals surface area contributed by atoms with Crippen molar-refractivity contribution >= 4 is 17.3 Å². The Hall–Kier alpha value is -2.24. The molecule has 96 valence electrons. The van der Waals surface area contributed by atoms with E-state index in [1.165, 1.54) is 0 Å². The van der Waals surface area contributed by atoms with Crippen molar-refractivity contribution in [1.82, 2.24) is 15.2 Å². The number of rotatable bonds is 5. The molecule has 0 unspecified atom stereocenters. The van der Waals surface area contributed by atoms with Crippen LogP contribution in [0.25, 0.3) is 0 Å². The summed E-state index contributed by atoms with van der Waals surface area (Å²) in [6, 6.07) is 4.20. The minimum atomic E-state index is 0.305. The van der Waals surface area contributed by atoms with Gasteiger partial charge >= 0.3 is 0 Å². The van der Waals surface area contributed by atoms with Crippen LogP contribution < -0.4 is 16.4 Å². The van der Waals surface area contributed by atoms with Crippen LogP contribution in [0.2, 0.25) is 0 Å². The van der Waals surface area contributed by atoms with E-state index in [1.54, 1.807) is 6.20 Å². The van der Waals surface area contributed by atoms with Crippen molar-refractivity contribution in [2.75, 3.05) is 16.4 Å². The Morgan fingerprint density at radius 1 is 1.44 bits per heavy atom. The number of hydrogen-bond acceptors (Lipinski definition) is 5. The van der Waals surface area contributed by atoms with E-state index in [-0.39, 0.29) is 0 Å². The van der Waals surface area contributed by atoms with Crippen molar-refractivity contribution in [2.24, 2.45) is 0 Å². The van der Waals surface area contributed by atoms with E-state index >= 15 is 0 Å². The second kappa shape index (κ2) is 5.39. The van der Waals surface area contributed by atoms with Crippen LogP contribution in [0.3, 0.4) is 0 Å². The molecule has 0 radical (unpaired) electrons. The van der Waals surface area contributed by atoms with Crippen LogP contribution in [-0.4, -0.2) is 21.2 Å². The molecule has 2 aromatic heterocycles. The van der Waals surface area contributed by atoms with E-state index in [0.717, 1.165) is 11.4 Å². The molecule has 0 aliphatic carbocycles. The van der Waals surface area contributed by atoms with Crippen molar-refractivity contribution in [3.63, 3.8) is 0 Å². The van der Waals surface area contributed by atoms with Crippen molar-refractivity contribution in [2.45, 2.75) is 26.4 Å². The zero-order valence-electron chi connectivity index (χ0n) is 10.6. The number of nitrogens with one attached hydrogen (secondary N) is 3. The van der Waals surface area contributed by atoms with E-state index in [4.69, 9.17) is 5.73 Å². The van der Waals surface area contributed by atoms with Crippen molar-refractivity contribution < 1.29 is 0 Å². The maximum Gasteiger partial charge on any atom is 0.173 e. The highest BCUT2D eigenvalue weighted by atomic mass is 15.3. The summed E-state index contributed by atoms with van der Waals surface area (Å²) in [7, 11) is 0. The molecule has 0 saturated heterocycles. The fourth-order valence-corrected chi connectivity index (χ4v) is 1.57. The van der Waals surface area contributed by atoms with Gasteiger partial charge in [0.2, 0.25) is 0 Å². The number of nitrogens with zero attached hydrogens (tertiary/aromatic N) is 2. The van der Waals surface area contributed by atoms with Gasteiger partial charge in [-0.25, -0.2) is 0 Å². The molecule has 6 nitrogen and oxygen atoms in total. The van der Waals surface area contributed by atoms with Gasteiger partial charge in [-0.05, 0) is 25.5 Å². The molecule has 0 spiro atoms. The molecule has 2 heterocycles. The summed E-state index contributed by atoms with van der Waals surface area (Å²) >= 11 is 0. The molecule has 0 aliphatic rings. The molecule has 0 aromatic carbocycles. The van der Waals surface area contributed by atoms with Gasteiger partial charge in [-0.2, -0.15) is 5.10 Å². The maximum absolute atomic E-state index is 5.98. The number of nitrogens with two attached hydrogens (primary N) is 1. The third-order valence-electron chi connectivity index (χ3n) is 2.42. The first kappa shape index (κ1) is 12.2. The predicted molar refractivity (Wildman–Crippen MR) is 73.3 cm³/mol. The first-order valence-corrected chi connectivity index (χ1v) is 5.90. The Morgan fingerprint density at radius 3 is 2.94 bits per heavy atom. The maximum atomic E-state index is 5.98. The summed E-state index contributed by atoms with van der Waals surface area (Å²) < 4.78 is 0. The number of hydrogen-bond donors (Lipinski definition) is 4. The van der Waals surface area contributed by atoms with Gasteiger partial charge in [0.15, 0.2) is 5.82 Å². The van der Waals surface area contributed by atoms with Gasteiger partial charge < -0.3 is 16.4 Å². The zero-order chi connectivity index (χ0) is 13.0. The standard InChI is InChI=1S/C12H18N6/c1-8(2)16-12-10(13)11(17-18-12)15-7-9-4-3-5-14-6-9/h3-6,8H,7,13H2,1-2H3,(H3,15,16,17,18). The van der Waals surface area contributed by atoms with Crippen LogP contribution in [0, 0.1) is 0 Å². The number of pyridine rings is 1. The topological polar surface area (TPSA) is 91.6 Å². The first-order chi connectivity index (χ1) is 8.66. The van der Waals surface area contributed by atoms with Gasteiger partial charge in [0, 0.05) is 25.0 Å². The molecular formula is C12H18N6. The molecule has 6 heteroatoms. The predicted octanol–water partition coefficient (Wildman–Crippen LogP) is 1.82. The summed E-state index contributed by atoms with van der Waals surface area (Å²) in [6.07, 6.45) is 3.56. The lowest BCUT2D eigenvalue weighted by Gasteiger charge is -2.08. The zero-order valence-corrected chi connectivity index (χ0v) is 10.6. The van der Waals surface area contributed by atoms with Crippen LogP contribution >= 0.6 is 0 Å². The van der Waals surface area contributed by atoms with Gasteiger partial charge in [0.1, 0.15) is 11.5 Å². The molecule has 2 aromatic rings. The fraction of sp³-hybridized carbons (Fsp3) is 0.333. The van der Waals surface area contributed by atoms with E-state index in [1.807, 2.05) is 32.2 Å². The van der Waals surface area contributed by atoms with E-state index in [9.17, 15) is 0 Å². The summed E-state index contributed by atoms with van der Waals surface area (Å²) in [5, 5.41) is 13.4. The summed E-state index contributed by atoms with van der Waals surface area (Å²) in [5.41, 5.74) is 7.67. The highest BCUT2D eigenvalue weighted by Crippen LogP contribution is 2.24. The number of H-pyrrole nitrogens is 1. The normalized spacial score (nSPS) is 10.6. The number of aromatic nitrogens is 3. The van der Waals surface area contributed by atoms with Crippen molar-refractivity contribution in [3.8, 4) is 0 Å². The first-order valence-electron chi connectivity index (χ1n) is 5.90. The molecule has 18 heavy (non-hydrogen) atoms. The minimum absolute atomic E-state index is 0.305. The van der Waals surface area contributed by atoms with E-state index in [0.29, 0.717) is 24.1 Å². The molecule has 0 bridgehead atoms. The smallest absolute Gasteiger partial charge is 0.173 e. The number of nitrogen functional groups attached to an aromatic ring is 1. The fourth-order valence-electron chi connectivity index (χ4n) is 1.57. The van der Waals surface area contributed by atoms with Gasteiger partial charge in [0.25, 0.3) is 0 Å². The summed E-state index contributed by atoms with van der Waals surface area (Å²) in [4.78, 5) is 4.05. The number of anilines is 3. The van der Waals surface area contributed by atoms with Crippen LogP contribution in [0.15, 0.2) is 24.5 Å². The highest BCUT2D eigenvalue weighted by molar-refractivity contribution is 5.75. The lowest BCUT2D eigenvalue weighted by molar-refractivity contribution is 0.884. The SMILES string of the molecule is CC(C)Nc1[nH]nc(NCc2cccnc2)c1N. The Labute approximate surface area is 106 Å². The van der Waals surface area contributed by atoms with Gasteiger partial charge in [0.05, 0.1) is 0 Å². The Bertz CT molecular complexity index is 491. The summed E-state index contributed by atoms with van der Waals surface area (Å²) in [6.45, 7) is 4.73. The number of aromatic amines is 1. The molecular weight excluding hydrogens is 228 g/mol. The highest BCUT2D eigenvalue weighted by Gasteiger charge is 2.09. The van der Waals surface area contributed by atoms with Gasteiger partial charge in [-0.3, -0.25) is 10.1 Å². The Morgan fingerprint density at radius 2 is 2.28 bits per heavy atom. The van der Waals surface area contributed by atoms with Crippen molar-refractivity contribution in [3.05, 3.63) is 30.1 Å². The molecule has 5 N–H and O–H groups in total. The molecule has 2 rings (SSSR count). The van der Waals surface area contributed by atoms with Crippen molar-refractivity contribution in [1.29, 1.82) is 0 Å². The summed E-state index contributed by atoms with van der Waals surface area (Å²) in [5.74, 6) is 1.40. The minimum Gasteiger partial charge on any atom is -0.393 e. The Kier molecular flexibility index (Phi) is 3.66. The third-order valence-corrected chi connectivity index (χ3v) is 2.42. The van der Waals surface area contributed by atoms with E-state index < -0.39 is 0 Å². The second-order valence-corrected chi connectivity index (χ2v) is 4.37. The van der Waals surface area contributed by atoms with Crippen LogP contribution in [-0.2, 0) is 6.54 Å². The van der Waals surface area contributed by atoms with Gasteiger partial charge in [-0.15, -0.1) is 0 Å². The van der Waals surface area contributed by atoms with Crippen LogP contribution in [0.4, 0.5) is 17.3 Å². The molecule has 0 fully saturated rings. The molecule has 0 amide bonds. The van der Waals surface area contributed by atoms with Crippen LogP contribution in [0.1, 0.15) is 19.4 Å². The molecule has 0 saturated carbocycles. The van der Waals surface area contributed by atoms with Gasteiger partial charge in [-0.1, -0.05) is 6.07 Å². The largest absolute Gasteiger partial charge is 0.393 e. The second-order valence-electron chi connectivity index (χ2n) is 4.37. The average Bonchev–Trinajstić information content (AvgIpc) is 2.69. The Balaban J connectivity index is 2.00. The average molecular weight is 246 g/mol. The monoisotopic (exact) mass is 246 g/mol. The molecule has 0 aliphatic heterocycles. The molecule has 0 atom stereocenters. The quantitative estimate of drug-likeness (QED) is 0.646. The third kappa shape index (κ3) is 2.91. The lowest BCUT2D eigenvalue weighted by Crippen LogP contribution is -2.11. The lowest BCUT2D eigenvalue weighted by atomic mass is 10.3. The van der Waals surface area contributed by atoms with Crippen LogP contribution in [0.5, 0.6) is 0 Å². The van der Waals surface area contributed by atoms with E-state index in [2.05, 4.69) is 25.8 Å².